The summed E-state index contributed by atoms with van der Waals surface area (Å²) in [5.74, 6) is -0.0938. The average molecular weight is 372 g/mol. The SMILES string of the molecule is Cc1cccc(N2C[C@@H](c3nnc(NC(=O)[C@H]4CCCO4)s3)CC2=O)c1. The van der Waals surface area contributed by atoms with E-state index in [9.17, 15) is 9.59 Å². The highest BCUT2D eigenvalue weighted by atomic mass is 32.1. The van der Waals surface area contributed by atoms with Crippen LogP contribution < -0.4 is 10.2 Å². The van der Waals surface area contributed by atoms with E-state index in [2.05, 4.69) is 15.5 Å². The van der Waals surface area contributed by atoms with Crippen LogP contribution in [0.15, 0.2) is 24.3 Å². The maximum absolute atomic E-state index is 12.4. The van der Waals surface area contributed by atoms with Crippen LogP contribution >= 0.6 is 11.3 Å². The Bertz CT molecular complexity index is 831. The Morgan fingerprint density at radius 3 is 3.04 bits per heavy atom. The number of carbonyl (C=O) groups is 2. The number of ether oxygens (including phenoxy) is 1. The Balaban J connectivity index is 1.43. The van der Waals surface area contributed by atoms with Crippen molar-refractivity contribution in [1.82, 2.24) is 10.2 Å². The topological polar surface area (TPSA) is 84.4 Å². The molecule has 4 rings (SSSR count). The van der Waals surface area contributed by atoms with Gasteiger partial charge in [0.1, 0.15) is 11.1 Å². The van der Waals surface area contributed by atoms with Crippen LogP contribution in [0.4, 0.5) is 10.8 Å². The predicted molar refractivity (Wildman–Crippen MR) is 98.4 cm³/mol. The lowest BCUT2D eigenvalue weighted by Gasteiger charge is -2.16. The number of aryl methyl sites for hydroxylation is 1. The van der Waals surface area contributed by atoms with Gasteiger partial charge in [-0.3, -0.25) is 14.9 Å². The first-order valence-corrected chi connectivity index (χ1v) is 9.55. The Hall–Kier alpha value is -2.32. The Morgan fingerprint density at radius 1 is 1.38 bits per heavy atom. The second kappa shape index (κ2) is 7.13. The molecule has 136 valence electrons. The molecule has 2 aromatic rings. The van der Waals surface area contributed by atoms with Gasteiger partial charge in [-0.1, -0.05) is 23.5 Å². The fourth-order valence-electron chi connectivity index (χ4n) is 3.34. The Morgan fingerprint density at radius 2 is 2.27 bits per heavy atom. The molecular weight excluding hydrogens is 352 g/mol. The largest absolute Gasteiger partial charge is 0.368 e. The molecule has 0 saturated carbocycles. The summed E-state index contributed by atoms with van der Waals surface area (Å²) in [4.78, 5) is 26.3. The van der Waals surface area contributed by atoms with Crippen LogP contribution in [0.25, 0.3) is 0 Å². The number of benzene rings is 1. The van der Waals surface area contributed by atoms with Gasteiger partial charge in [-0.05, 0) is 37.5 Å². The van der Waals surface area contributed by atoms with Gasteiger partial charge in [0.15, 0.2) is 0 Å². The lowest BCUT2D eigenvalue weighted by Crippen LogP contribution is -2.26. The summed E-state index contributed by atoms with van der Waals surface area (Å²) < 4.78 is 5.37. The molecule has 0 radical (unpaired) electrons. The van der Waals surface area contributed by atoms with Gasteiger partial charge in [0.2, 0.25) is 11.0 Å². The lowest BCUT2D eigenvalue weighted by atomic mass is 10.1. The molecule has 0 aliphatic carbocycles. The number of amides is 2. The van der Waals surface area contributed by atoms with E-state index >= 15 is 0 Å². The van der Waals surface area contributed by atoms with Crippen molar-refractivity contribution in [3.8, 4) is 0 Å². The highest BCUT2D eigenvalue weighted by molar-refractivity contribution is 7.15. The summed E-state index contributed by atoms with van der Waals surface area (Å²) in [6.45, 7) is 3.21. The van der Waals surface area contributed by atoms with Crippen LogP contribution in [-0.4, -0.2) is 41.3 Å². The molecule has 1 N–H and O–H groups in total. The van der Waals surface area contributed by atoms with Gasteiger partial charge in [-0.2, -0.15) is 0 Å². The molecule has 1 aromatic carbocycles. The maximum atomic E-state index is 12.4. The van der Waals surface area contributed by atoms with Crippen molar-refractivity contribution in [2.75, 3.05) is 23.4 Å². The molecule has 0 unspecified atom stereocenters. The van der Waals surface area contributed by atoms with Crippen LogP contribution in [0.3, 0.4) is 0 Å². The number of nitrogens with one attached hydrogen (secondary N) is 1. The molecule has 0 bridgehead atoms. The molecule has 2 fully saturated rings. The quantitative estimate of drug-likeness (QED) is 0.891. The summed E-state index contributed by atoms with van der Waals surface area (Å²) in [6.07, 6.45) is 1.65. The summed E-state index contributed by atoms with van der Waals surface area (Å²) in [5, 5.41) is 12.3. The third kappa shape index (κ3) is 3.47. The fourth-order valence-corrected chi connectivity index (χ4v) is 4.18. The van der Waals surface area contributed by atoms with Crippen molar-refractivity contribution in [3.63, 3.8) is 0 Å². The standard InChI is InChI=1S/C18H20N4O3S/c1-11-4-2-5-13(8-11)22-10-12(9-15(22)23)17-20-21-18(26-17)19-16(24)14-6-3-7-25-14/h2,4-5,8,12,14H,3,6-7,9-10H2,1H3,(H,19,21,24)/t12-,14+/m0/s1. The van der Waals surface area contributed by atoms with E-state index in [0.717, 1.165) is 29.1 Å². The zero-order chi connectivity index (χ0) is 18.1. The van der Waals surface area contributed by atoms with E-state index in [4.69, 9.17) is 4.74 Å². The third-order valence-electron chi connectivity index (χ3n) is 4.68. The van der Waals surface area contributed by atoms with E-state index in [-0.39, 0.29) is 17.7 Å². The van der Waals surface area contributed by atoms with Crippen molar-refractivity contribution in [2.45, 2.75) is 38.2 Å². The van der Waals surface area contributed by atoms with Crippen LogP contribution in [-0.2, 0) is 14.3 Å². The summed E-state index contributed by atoms with van der Waals surface area (Å²) in [7, 11) is 0. The smallest absolute Gasteiger partial charge is 0.255 e. The molecule has 26 heavy (non-hydrogen) atoms. The zero-order valence-corrected chi connectivity index (χ0v) is 15.3. The molecule has 2 amide bonds. The van der Waals surface area contributed by atoms with Crippen molar-refractivity contribution >= 4 is 34.0 Å². The number of hydrogen-bond acceptors (Lipinski definition) is 6. The minimum absolute atomic E-state index is 0.00565. The predicted octanol–water partition coefficient (Wildman–Crippen LogP) is 2.48. The molecule has 2 aliphatic heterocycles. The second-order valence-electron chi connectivity index (χ2n) is 6.68. The zero-order valence-electron chi connectivity index (χ0n) is 14.5. The van der Waals surface area contributed by atoms with Crippen LogP contribution in [0.1, 0.15) is 35.8 Å². The number of aromatic nitrogens is 2. The minimum atomic E-state index is -0.396. The van der Waals surface area contributed by atoms with Gasteiger partial charge < -0.3 is 9.64 Å². The van der Waals surface area contributed by atoms with Crippen molar-refractivity contribution < 1.29 is 14.3 Å². The van der Waals surface area contributed by atoms with Crippen LogP contribution in [0.5, 0.6) is 0 Å². The number of nitrogens with zero attached hydrogens (tertiary/aromatic N) is 3. The average Bonchev–Trinajstić information content (AvgIpc) is 3.35. The molecule has 0 spiro atoms. The normalized spacial score (nSPS) is 22.8. The molecular formula is C18H20N4O3S. The van der Waals surface area contributed by atoms with Gasteiger partial charge in [0.25, 0.3) is 5.91 Å². The van der Waals surface area contributed by atoms with Crippen molar-refractivity contribution in [2.24, 2.45) is 0 Å². The van der Waals surface area contributed by atoms with Crippen LogP contribution in [0, 0.1) is 6.92 Å². The first-order chi connectivity index (χ1) is 12.6. The third-order valence-corrected chi connectivity index (χ3v) is 5.68. The van der Waals surface area contributed by atoms with E-state index < -0.39 is 6.10 Å². The molecule has 1 aromatic heterocycles. The van der Waals surface area contributed by atoms with E-state index in [0.29, 0.717) is 24.7 Å². The Labute approximate surface area is 155 Å². The number of rotatable bonds is 4. The van der Waals surface area contributed by atoms with Crippen molar-refractivity contribution in [1.29, 1.82) is 0 Å². The number of hydrogen-bond donors (Lipinski definition) is 1. The molecule has 2 saturated heterocycles. The fraction of sp³-hybridized carbons (Fsp3) is 0.444. The van der Waals surface area contributed by atoms with Gasteiger partial charge >= 0.3 is 0 Å². The molecule has 2 aliphatic rings. The maximum Gasteiger partial charge on any atom is 0.255 e. The molecule has 2 atom stereocenters. The number of anilines is 2. The van der Waals surface area contributed by atoms with Gasteiger partial charge in [-0.15, -0.1) is 10.2 Å². The van der Waals surface area contributed by atoms with E-state index in [1.54, 1.807) is 4.90 Å². The monoisotopic (exact) mass is 372 g/mol. The summed E-state index contributed by atoms with van der Waals surface area (Å²) in [5.41, 5.74) is 2.03. The summed E-state index contributed by atoms with van der Waals surface area (Å²) >= 11 is 1.33. The molecule has 8 heteroatoms. The van der Waals surface area contributed by atoms with E-state index in [1.165, 1.54) is 11.3 Å². The van der Waals surface area contributed by atoms with E-state index in [1.807, 2.05) is 31.2 Å². The summed E-state index contributed by atoms with van der Waals surface area (Å²) in [6, 6.07) is 7.92. The first kappa shape index (κ1) is 17.1. The minimum Gasteiger partial charge on any atom is -0.368 e. The Kier molecular flexibility index (Phi) is 4.69. The van der Waals surface area contributed by atoms with Crippen LogP contribution in [0.2, 0.25) is 0 Å². The lowest BCUT2D eigenvalue weighted by molar-refractivity contribution is -0.124. The van der Waals surface area contributed by atoms with Crippen molar-refractivity contribution in [3.05, 3.63) is 34.8 Å². The van der Waals surface area contributed by atoms with Gasteiger partial charge in [0, 0.05) is 31.2 Å². The van der Waals surface area contributed by atoms with Gasteiger partial charge in [0.05, 0.1) is 0 Å². The first-order valence-electron chi connectivity index (χ1n) is 8.73. The molecule has 3 heterocycles. The second-order valence-corrected chi connectivity index (χ2v) is 7.69. The molecule has 7 nitrogen and oxygen atoms in total. The van der Waals surface area contributed by atoms with Gasteiger partial charge in [-0.25, -0.2) is 0 Å². The highest BCUT2D eigenvalue weighted by Gasteiger charge is 2.34. The number of carbonyl (C=O) groups excluding carboxylic acids is 2. The highest BCUT2D eigenvalue weighted by Crippen LogP contribution is 2.34.